The zero-order valence-corrected chi connectivity index (χ0v) is 36.3. The van der Waals surface area contributed by atoms with E-state index in [1.165, 1.54) is 0 Å². The number of hydrogen-bond acceptors (Lipinski definition) is 11. The number of allylic oxidation sites excluding steroid dienone is 1. The van der Waals surface area contributed by atoms with Crippen molar-refractivity contribution in [2.75, 3.05) is 5.32 Å². The fourth-order valence-corrected chi connectivity index (χ4v) is 8.94. The minimum atomic E-state index is -2.00. The van der Waals surface area contributed by atoms with E-state index in [1.54, 1.807) is 24.3 Å². The molecule has 13 rings (SSSR count). The molecule has 14 heteroatoms. The summed E-state index contributed by atoms with van der Waals surface area (Å²) < 4.78 is 26.2. The van der Waals surface area contributed by atoms with Crippen molar-refractivity contribution >= 4 is 75.0 Å². The van der Waals surface area contributed by atoms with Gasteiger partial charge in [0.1, 0.15) is 69.0 Å². The maximum atomic E-state index is 12.7. The van der Waals surface area contributed by atoms with Gasteiger partial charge in [0.05, 0.1) is 22.1 Å². The van der Waals surface area contributed by atoms with E-state index < -0.39 is 5.79 Å². The molecule has 0 spiro atoms. The van der Waals surface area contributed by atoms with Crippen LogP contribution >= 0.6 is 0 Å². The van der Waals surface area contributed by atoms with Gasteiger partial charge >= 0.3 is 0 Å². The van der Waals surface area contributed by atoms with Gasteiger partial charge in [0.15, 0.2) is 34.9 Å². The lowest BCUT2D eigenvalue weighted by atomic mass is 10.0. The van der Waals surface area contributed by atoms with Crippen molar-refractivity contribution in [2.24, 2.45) is 25.0 Å². The summed E-state index contributed by atoms with van der Waals surface area (Å²) in [5.41, 5.74) is 3.30. The molecule has 4 N–H and O–H groups in total. The van der Waals surface area contributed by atoms with Crippen LogP contribution in [0.15, 0.2) is 213 Å². The summed E-state index contributed by atoms with van der Waals surface area (Å²) in [6.07, 6.45) is 5.17. The van der Waals surface area contributed by atoms with Gasteiger partial charge < -0.3 is 39.3 Å². The van der Waals surface area contributed by atoms with Crippen molar-refractivity contribution in [3.63, 3.8) is 0 Å². The predicted octanol–water partition coefficient (Wildman–Crippen LogP) is 9.69. The standard InChI is InChI=1S/C56H36N8O5.Al.3H/c65-56(69-36-23-11-4-12-24-36)32-16-28-40-47(56)55-63-50-39-27-15-31-43(68-35-21-9-3-10-22-35)46(39)53(61-50)59-48-37-25-13-29-41(66-33-17-5-1-6-18-33)44(37)52(57-48)58-49-38-26-14-30-42(67-34-19-7-2-8-20-34)45(38)54(60-49)62-51(40)64-55;;;;/h1-32,57,65H,(H,59,61,63)(H,58,60,62,64);;;;. The van der Waals surface area contributed by atoms with Gasteiger partial charge in [0.25, 0.3) is 5.79 Å². The smallest absolute Gasteiger partial charge is 0.259 e. The number of rotatable bonds is 8. The molecule has 5 heterocycles. The summed E-state index contributed by atoms with van der Waals surface area (Å²) in [4.78, 5) is 33.2. The molecule has 1 unspecified atom stereocenters. The van der Waals surface area contributed by atoms with E-state index in [0.717, 1.165) is 5.39 Å². The molecule has 8 bridgehead atoms. The maximum absolute atomic E-state index is 12.7. The maximum Gasteiger partial charge on any atom is 0.259 e. The number of aromatic nitrogens is 2. The lowest BCUT2D eigenvalue weighted by Gasteiger charge is -2.27. The summed E-state index contributed by atoms with van der Waals surface area (Å²) >= 11 is 0. The van der Waals surface area contributed by atoms with Crippen molar-refractivity contribution < 1.29 is 24.1 Å². The Morgan fingerprint density at radius 1 is 0.471 bits per heavy atom. The third-order valence-corrected chi connectivity index (χ3v) is 12.0. The second kappa shape index (κ2) is 17.2. The molecule has 70 heavy (non-hydrogen) atoms. The van der Waals surface area contributed by atoms with E-state index in [4.69, 9.17) is 43.9 Å². The van der Waals surface area contributed by atoms with Gasteiger partial charge in [-0.15, -0.1) is 0 Å². The summed E-state index contributed by atoms with van der Waals surface area (Å²) in [6.45, 7) is 0. The van der Waals surface area contributed by atoms with Gasteiger partial charge in [-0.1, -0.05) is 121 Å². The number of anilines is 1. The number of benzene rings is 7. The molecule has 3 aliphatic heterocycles. The number of ether oxygens (including phenoxy) is 4. The Morgan fingerprint density at radius 2 is 1.01 bits per heavy atom. The molecule has 0 amide bonds. The van der Waals surface area contributed by atoms with Crippen LogP contribution in [0.1, 0.15) is 27.8 Å². The predicted molar refractivity (Wildman–Crippen MR) is 276 cm³/mol. The first-order valence-electron chi connectivity index (χ1n) is 22.2. The van der Waals surface area contributed by atoms with Crippen LogP contribution in [-0.2, 0) is 5.79 Å². The fourth-order valence-electron chi connectivity index (χ4n) is 8.94. The lowest BCUT2D eigenvalue weighted by molar-refractivity contribution is -0.102. The first-order chi connectivity index (χ1) is 34.0. The first-order valence-corrected chi connectivity index (χ1v) is 22.2. The topological polar surface area (TPSA) is 163 Å². The average molecular weight is 931 g/mol. The van der Waals surface area contributed by atoms with E-state index in [0.29, 0.717) is 119 Å². The Labute approximate surface area is 410 Å². The number of nitrogens with one attached hydrogen (secondary N) is 3. The Balaban J connectivity index is 0.00000505. The third kappa shape index (κ3) is 7.45. The molecule has 0 saturated heterocycles. The quantitative estimate of drug-likeness (QED) is 0.0876. The second-order valence-corrected chi connectivity index (χ2v) is 16.4. The van der Waals surface area contributed by atoms with Crippen molar-refractivity contribution in [1.29, 1.82) is 0 Å². The summed E-state index contributed by atoms with van der Waals surface area (Å²) in [5.74, 6) is 4.76. The molecule has 0 saturated carbocycles. The molecule has 7 aromatic carbocycles. The first kappa shape index (κ1) is 42.3. The largest absolute Gasteiger partial charge is 0.457 e. The number of para-hydroxylation sites is 4. The number of nitrogens with zero attached hydrogens (tertiary/aromatic N) is 5. The third-order valence-electron chi connectivity index (χ3n) is 12.0. The van der Waals surface area contributed by atoms with Crippen LogP contribution in [0, 0.1) is 0 Å². The number of aliphatic imine (C=N–C) groups is 4. The monoisotopic (exact) mass is 930 g/mol. The van der Waals surface area contributed by atoms with Crippen molar-refractivity contribution in [1.82, 2.24) is 9.97 Å². The van der Waals surface area contributed by atoms with E-state index in [1.807, 2.05) is 170 Å². The molecular weight excluding hydrogens is 892 g/mol. The molecule has 0 fully saturated rings. The molecule has 2 aromatic heterocycles. The molecule has 1 aliphatic carbocycles. The summed E-state index contributed by atoms with van der Waals surface area (Å²) in [7, 11) is 0. The highest BCUT2D eigenvalue weighted by Gasteiger charge is 2.38. The normalized spacial score (nSPS) is 15.8. The number of H-pyrrole nitrogens is 2. The number of amidine groups is 4. The number of fused-ring (bicyclic) bond motifs is 18. The molecule has 9 aromatic rings. The molecule has 4 aliphatic rings. The minimum absolute atomic E-state index is 0. The van der Waals surface area contributed by atoms with E-state index >= 15 is 0 Å². The van der Waals surface area contributed by atoms with Crippen LogP contribution < -0.4 is 35.0 Å². The fraction of sp³-hybridized carbons (Fsp3) is 0.0179. The zero-order valence-electron chi connectivity index (χ0n) is 36.3. The average Bonchev–Trinajstić information content (AvgIpc) is 4.12. The van der Waals surface area contributed by atoms with Gasteiger partial charge in [-0.25, -0.2) is 25.0 Å². The van der Waals surface area contributed by atoms with Crippen LogP contribution in [0.4, 0.5) is 17.5 Å². The highest BCUT2D eigenvalue weighted by atomic mass is 27.0. The Hall–Kier alpha value is -9.06. The van der Waals surface area contributed by atoms with Crippen molar-refractivity contribution in [3.8, 4) is 40.2 Å². The molecule has 336 valence electrons. The molecule has 0 radical (unpaired) electrons. The van der Waals surface area contributed by atoms with Crippen molar-refractivity contribution in [2.45, 2.75) is 5.79 Å². The van der Waals surface area contributed by atoms with Gasteiger partial charge in [0.2, 0.25) is 0 Å². The molecule has 13 nitrogen and oxygen atoms in total. The van der Waals surface area contributed by atoms with Gasteiger partial charge in [-0.05, 0) is 72.8 Å². The van der Waals surface area contributed by atoms with E-state index in [2.05, 4.69) is 15.3 Å². The van der Waals surface area contributed by atoms with E-state index in [-0.39, 0.29) is 23.2 Å². The van der Waals surface area contributed by atoms with E-state index in [9.17, 15) is 5.11 Å². The highest BCUT2D eigenvalue weighted by Crippen LogP contribution is 2.44. The highest BCUT2D eigenvalue weighted by molar-refractivity contribution is 6.29. The zero-order chi connectivity index (χ0) is 45.9. The van der Waals surface area contributed by atoms with Gasteiger partial charge in [-0.2, -0.15) is 0 Å². The van der Waals surface area contributed by atoms with Gasteiger partial charge in [-0.3, -0.25) is 0 Å². The number of aromatic amines is 2. The Bertz CT molecular complexity index is 3830. The van der Waals surface area contributed by atoms with Crippen LogP contribution in [0.5, 0.6) is 40.2 Å². The van der Waals surface area contributed by atoms with Crippen LogP contribution in [-0.4, -0.2) is 55.8 Å². The Morgan fingerprint density at radius 3 is 1.67 bits per heavy atom. The number of hydrogen-bond donors (Lipinski definition) is 4. The summed E-state index contributed by atoms with van der Waals surface area (Å²) in [5, 5.41) is 18.3. The summed E-state index contributed by atoms with van der Waals surface area (Å²) in [6, 6.07) is 55.1. The Kier molecular flexibility index (Phi) is 10.4. The SMILES string of the molecule is OC1(Oc2ccccc2)C=CC=c2c1c1[nH]c2=NC2=NC(=Nc3[nH]c(c4cccc(Oc5ccccc5)c34)NC3=NC(=N1)c1cccc(Oc4ccccc4)c13)c1cccc(Oc3ccccc3)c12.[AlH3]. The lowest BCUT2D eigenvalue weighted by Crippen LogP contribution is -2.40. The van der Waals surface area contributed by atoms with Crippen LogP contribution in [0.2, 0.25) is 0 Å². The molecule has 1 atom stereocenters. The minimum Gasteiger partial charge on any atom is -0.457 e. The van der Waals surface area contributed by atoms with Crippen molar-refractivity contribution in [3.05, 3.63) is 227 Å². The second-order valence-electron chi connectivity index (χ2n) is 16.4. The number of aliphatic hydroxyl groups is 1. The van der Waals surface area contributed by atoms with Gasteiger partial charge in [0, 0.05) is 21.7 Å². The molecular formula is C56H39AlN8O5. The van der Waals surface area contributed by atoms with Crippen LogP contribution in [0.25, 0.3) is 16.8 Å². The van der Waals surface area contributed by atoms with Crippen LogP contribution in [0.3, 0.4) is 0 Å².